The molecule has 0 spiro atoms. The minimum absolute atomic E-state index is 0.129. The molecular weight excluding hydrogens is 457 g/mol. The third kappa shape index (κ3) is 6.29. The van der Waals surface area contributed by atoms with Crippen LogP contribution < -0.4 is 4.74 Å². The molecule has 0 amide bonds. The molecule has 1 fully saturated rings. The van der Waals surface area contributed by atoms with E-state index in [1.54, 1.807) is 24.3 Å². The van der Waals surface area contributed by atoms with E-state index in [0.29, 0.717) is 29.0 Å². The molecule has 0 radical (unpaired) electrons. The molecule has 0 aromatic heterocycles. The molecule has 0 unspecified atom stereocenters. The Morgan fingerprint density at radius 2 is 1.47 bits per heavy atom. The lowest BCUT2D eigenvalue weighted by molar-refractivity contribution is -0.188. The molecule has 1 aliphatic carbocycles. The van der Waals surface area contributed by atoms with Gasteiger partial charge in [0.05, 0.1) is 5.56 Å². The van der Waals surface area contributed by atoms with Crippen LogP contribution in [0.1, 0.15) is 126 Å². The lowest BCUT2D eigenvalue weighted by Crippen LogP contribution is -2.28. The Hall–Kier alpha value is -1.97. The highest BCUT2D eigenvalue weighted by Gasteiger charge is 2.44. The number of unbranched alkanes of at least 4 members (excludes halogenated alkanes) is 7. The predicted octanol–water partition coefficient (Wildman–Crippen LogP) is 10.7. The van der Waals surface area contributed by atoms with E-state index in [1.165, 1.54) is 70.6 Å². The minimum atomic E-state index is -3.53. The van der Waals surface area contributed by atoms with E-state index in [2.05, 4.69) is 6.92 Å². The summed E-state index contributed by atoms with van der Waals surface area (Å²) in [5.74, 6) is 0.119. The van der Waals surface area contributed by atoms with Gasteiger partial charge in [0, 0.05) is 5.56 Å². The lowest BCUT2D eigenvalue weighted by Gasteiger charge is -2.32. The molecule has 198 valence electrons. The fourth-order valence-corrected chi connectivity index (χ4v) is 6.20. The van der Waals surface area contributed by atoms with Gasteiger partial charge in [-0.3, -0.25) is 0 Å². The average Bonchev–Trinajstić information content (AvgIpc) is 2.88. The second-order valence-corrected chi connectivity index (χ2v) is 11.1. The van der Waals surface area contributed by atoms with Crippen molar-refractivity contribution in [2.45, 2.75) is 122 Å². The van der Waals surface area contributed by atoms with E-state index in [4.69, 9.17) is 4.74 Å². The number of fused-ring (bicyclic) bond motifs is 3. The topological polar surface area (TPSA) is 9.23 Å². The van der Waals surface area contributed by atoms with E-state index < -0.39 is 11.9 Å². The van der Waals surface area contributed by atoms with Gasteiger partial charge in [-0.2, -0.15) is 8.78 Å². The molecule has 1 aliphatic heterocycles. The summed E-state index contributed by atoms with van der Waals surface area (Å²) in [6.07, 6.45) is 14.3. The number of alkyl halides is 2. The Kier molecular flexibility index (Phi) is 9.41. The SMILES string of the molecule is CCCCCCCCCCC1CCC(c2ccc3c(c2)C(F)(F)Oc2c-3ccc(CCC)c2F)CC1. The van der Waals surface area contributed by atoms with Gasteiger partial charge in [-0.25, -0.2) is 4.39 Å². The van der Waals surface area contributed by atoms with Gasteiger partial charge in [0.1, 0.15) is 0 Å². The summed E-state index contributed by atoms with van der Waals surface area (Å²) in [5.41, 5.74) is 2.07. The fraction of sp³-hybridized carbons (Fsp3) is 0.625. The van der Waals surface area contributed by atoms with Crippen molar-refractivity contribution >= 4 is 0 Å². The Balaban J connectivity index is 1.34. The highest BCUT2D eigenvalue weighted by Crippen LogP contribution is 2.50. The van der Waals surface area contributed by atoms with E-state index in [9.17, 15) is 4.39 Å². The van der Waals surface area contributed by atoms with Gasteiger partial charge in [-0.1, -0.05) is 102 Å². The second-order valence-electron chi connectivity index (χ2n) is 11.1. The fourth-order valence-electron chi connectivity index (χ4n) is 6.20. The predicted molar refractivity (Wildman–Crippen MR) is 142 cm³/mol. The molecule has 0 bridgehead atoms. The maximum atomic E-state index is 15.1. The first-order valence-electron chi connectivity index (χ1n) is 14.5. The monoisotopic (exact) mass is 500 g/mol. The molecule has 1 nitrogen and oxygen atoms in total. The van der Waals surface area contributed by atoms with Crippen LogP contribution in [0.3, 0.4) is 0 Å². The first-order valence-corrected chi connectivity index (χ1v) is 14.5. The summed E-state index contributed by atoms with van der Waals surface area (Å²) < 4.78 is 50.1. The Morgan fingerprint density at radius 3 is 2.17 bits per heavy atom. The first kappa shape index (κ1) is 27.1. The van der Waals surface area contributed by atoms with Gasteiger partial charge in [-0.05, 0) is 66.7 Å². The molecule has 4 rings (SSSR count). The summed E-state index contributed by atoms with van der Waals surface area (Å²) in [6, 6.07) is 8.79. The minimum Gasteiger partial charge on any atom is -0.425 e. The second kappa shape index (κ2) is 12.5. The van der Waals surface area contributed by atoms with Gasteiger partial charge in [-0.15, -0.1) is 0 Å². The van der Waals surface area contributed by atoms with Crippen molar-refractivity contribution in [3.05, 3.63) is 52.8 Å². The Morgan fingerprint density at radius 1 is 0.806 bits per heavy atom. The van der Waals surface area contributed by atoms with E-state index in [-0.39, 0.29) is 11.3 Å². The van der Waals surface area contributed by atoms with Crippen molar-refractivity contribution in [1.82, 2.24) is 0 Å². The van der Waals surface area contributed by atoms with Gasteiger partial charge >= 0.3 is 6.11 Å². The molecule has 0 saturated heterocycles. The van der Waals surface area contributed by atoms with Gasteiger partial charge < -0.3 is 4.74 Å². The molecule has 2 aromatic carbocycles. The van der Waals surface area contributed by atoms with Crippen molar-refractivity contribution in [3.63, 3.8) is 0 Å². The normalized spacial score (nSPS) is 20.5. The van der Waals surface area contributed by atoms with Crippen molar-refractivity contribution in [2.75, 3.05) is 0 Å². The largest absolute Gasteiger partial charge is 0.427 e. The van der Waals surface area contributed by atoms with Crippen molar-refractivity contribution in [2.24, 2.45) is 5.92 Å². The number of rotatable bonds is 12. The van der Waals surface area contributed by atoms with Crippen LogP contribution in [0, 0.1) is 11.7 Å². The zero-order valence-corrected chi connectivity index (χ0v) is 22.2. The van der Waals surface area contributed by atoms with E-state index in [1.807, 2.05) is 13.0 Å². The molecule has 2 aromatic rings. The number of ether oxygens (including phenoxy) is 1. The van der Waals surface area contributed by atoms with Crippen molar-refractivity contribution < 1.29 is 17.9 Å². The van der Waals surface area contributed by atoms with Crippen LogP contribution in [-0.4, -0.2) is 0 Å². The summed E-state index contributed by atoms with van der Waals surface area (Å²) in [5, 5.41) is 0. The number of halogens is 3. The van der Waals surface area contributed by atoms with Crippen LogP contribution in [0.2, 0.25) is 0 Å². The first-order chi connectivity index (χ1) is 17.4. The molecule has 1 saturated carbocycles. The van der Waals surface area contributed by atoms with Crippen LogP contribution in [-0.2, 0) is 12.5 Å². The van der Waals surface area contributed by atoms with Gasteiger partial charge in [0.2, 0.25) is 0 Å². The van der Waals surface area contributed by atoms with Crippen LogP contribution in [0.15, 0.2) is 30.3 Å². The molecular formula is C32H43F3O. The summed E-state index contributed by atoms with van der Waals surface area (Å²) in [4.78, 5) is 0. The number of hydrogen-bond donors (Lipinski definition) is 0. The summed E-state index contributed by atoms with van der Waals surface area (Å²) in [6.45, 7) is 4.20. The number of aryl methyl sites for hydroxylation is 1. The molecule has 36 heavy (non-hydrogen) atoms. The molecule has 4 heteroatoms. The molecule has 1 heterocycles. The van der Waals surface area contributed by atoms with E-state index >= 15 is 8.78 Å². The highest BCUT2D eigenvalue weighted by molar-refractivity contribution is 5.77. The van der Waals surface area contributed by atoms with Crippen molar-refractivity contribution in [1.29, 1.82) is 0 Å². The van der Waals surface area contributed by atoms with Gasteiger partial charge in [0.25, 0.3) is 0 Å². The standard InChI is InChI=1S/C32H43F3O/c1-3-5-6-7-8-9-10-11-13-23-14-16-24(17-15-23)26-19-20-27-28-21-18-25(12-4-2)30(33)31(28)36-32(34,35)29(27)22-26/h18-24H,3-17H2,1-2H3. The Bertz CT molecular complexity index is 991. The molecule has 2 aliphatic rings. The molecule has 0 atom stereocenters. The molecule has 0 N–H and O–H groups in total. The maximum Gasteiger partial charge on any atom is 0.427 e. The third-order valence-corrected chi connectivity index (χ3v) is 8.36. The zero-order chi connectivity index (χ0) is 25.5. The van der Waals surface area contributed by atoms with Crippen LogP contribution in [0.5, 0.6) is 5.75 Å². The summed E-state index contributed by atoms with van der Waals surface area (Å²) >= 11 is 0. The van der Waals surface area contributed by atoms with E-state index in [0.717, 1.165) is 30.7 Å². The van der Waals surface area contributed by atoms with Crippen molar-refractivity contribution in [3.8, 4) is 16.9 Å². The lowest BCUT2D eigenvalue weighted by atomic mass is 9.76. The smallest absolute Gasteiger partial charge is 0.425 e. The van der Waals surface area contributed by atoms with Gasteiger partial charge in [0.15, 0.2) is 11.6 Å². The maximum absolute atomic E-state index is 15.1. The highest BCUT2D eigenvalue weighted by atomic mass is 19.3. The third-order valence-electron chi connectivity index (χ3n) is 8.36. The number of benzene rings is 2. The summed E-state index contributed by atoms with van der Waals surface area (Å²) in [7, 11) is 0. The Labute approximate surface area is 215 Å². The van der Waals surface area contributed by atoms with Crippen LogP contribution in [0.25, 0.3) is 11.1 Å². The zero-order valence-electron chi connectivity index (χ0n) is 22.2. The quantitative estimate of drug-likeness (QED) is 0.263. The number of hydrogen-bond acceptors (Lipinski definition) is 1. The van der Waals surface area contributed by atoms with Crippen LogP contribution >= 0.6 is 0 Å². The average molecular weight is 501 g/mol. The van der Waals surface area contributed by atoms with Crippen LogP contribution in [0.4, 0.5) is 13.2 Å².